The number of likely N-dealkylation sites (tertiary alicyclic amines) is 1. The Kier molecular flexibility index (Phi) is 10.6. The van der Waals surface area contributed by atoms with Gasteiger partial charge in [0.05, 0.1) is 7.11 Å². The summed E-state index contributed by atoms with van der Waals surface area (Å²) < 4.78 is 4.27. The number of esters is 1. The van der Waals surface area contributed by atoms with Crippen molar-refractivity contribution in [2.75, 3.05) is 13.7 Å². The summed E-state index contributed by atoms with van der Waals surface area (Å²) in [5, 5.41) is 0. The van der Waals surface area contributed by atoms with Crippen LogP contribution in [-0.2, 0) is 14.3 Å². The summed E-state index contributed by atoms with van der Waals surface area (Å²) in [4.78, 5) is 22.5. The predicted molar refractivity (Wildman–Crippen MR) is 94.5 cm³/mol. The molecule has 0 atom stereocenters. The van der Waals surface area contributed by atoms with E-state index in [2.05, 4.69) is 24.5 Å². The number of hydrogen-bond donors (Lipinski definition) is 0. The van der Waals surface area contributed by atoms with Crippen molar-refractivity contribution in [3.8, 4) is 0 Å². The van der Waals surface area contributed by atoms with Crippen molar-refractivity contribution < 1.29 is 14.3 Å². The molecule has 1 fully saturated rings. The molecule has 1 aromatic carbocycles. The average Bonchev–Trinajstić information content (AvgIpc) is 3.01. The van der Waals surface area contributed by atoms with Gasteiger partial charge in [-0.1, -0.05) is 56.1 Å². The van der Waals surface area contributed by atoms with Crippen LogP contribution in [0.3, 0.4) is 0 Å². The molecule has 0 aliphatic carbocycles. The molecule has 4 nitrogen and oxygen atoms in total. The van der Waals surface area contributed by atoms with E-state index in [1.807, 2.05) is 36.4 Å². The van der Waals surface area contributed by atoms with E-state index in [0.717, 1.165) is 13.0 Å². The van der Waals surface area contributed by atoms with Gasteiger partial charge in [0.25, 0.3) is 0 Å². The van der Waals surface area contributed by atoms with Crippen molar-refractivity contribution in [3.63, 3.8) is 0 Å². The summed E-state index contributed by atoms with van der Waals surface area (Å²) in [5.41, 5.74) is 1.61. The van der Waals surface area contributed by atoms with E-state index in [9.17, 15) is 9.59 Å². The topological polar surface area (TPSA) is 46.6 Å². The molecule has 0 unspecified atom stereocenters. The van der Waals surface area contributed by atoms with Gasteiger partial charge in [0, 0.05) is 18.5 Å². The third-order valence-electron chi connectivity index (χ3n) is 2.90. The highest BCUT2D eigenvalue weighted by Gasteiger charge is 2.15. The predicted octanol–water partition coefficient (Wildman–Crippen LogP) is 3.82. The molecule has 1 saturated heterocycles. The summed E-state index contributed by atoms with van der Waals surface area (Å²) >= 11 is 0. The van der Waals surface area contributed by atoms with Gasteiger partial charge in [-0.3, -0.25) is 4.79 Å². The highest BCUT2D eigenvalue weighted by atomic mass is 16.5. The normalized spacial score (nSPS) is 12.1. The summed E-state index contributed by atoms with van der Waals surface area (Å²) in [6.45, 7) is 12.9. The van der Waals surface area contributed by atoms with Crippen LogP contribution in [0.4, 0.5) is 0 Å². The van der Waals surface area contributed by atoms with Gasteiger partial charge >= 0.3 is 5.97 Å². The van der Waals surface area contributed by atoms with Crippen molar-refractivity contribution in [2.45, 2.75) is 19.8 Å². The number of benzene rings is 1. The largest absolute Gasteiger partial charge is 0.466 e. The Morgan fingerprint density at radius 2 is 1.87 bits per heavy atom. The lowest BCUT2D eigenvalue weighted by molar-refractivity contribution is -0.136. The first kappa shape index (κ1) is 20.4. The lowest BCUT2D eigenvalue weighted by atomic mass is 10.2. The first-order valence-electron chi connectivity index (χ1n) is 7.29. The maximum absolute atomic E-state index is 10.7. The van der Waals surface area contributed by atoms with Crippen LogP contribution in [0.1, 0.15) is 25.3 Å². The molecule has 0 aromatic heterocycles. The second-order valence-electron chi connectivity index (χ2n) is 4.76. The monoisotopic (exact) mass is 315 g/mol. The summed E-state index contributed by atoms with van der Waals surface area (Å²) in [5.74, 6) is -0.139. The number of amides is 1. The van der Waals surface area contributed by atoms with E-state index >= 15 is 0 Å². The lowest BCUT2D eigenvalue weighted by Crippen LogP contribution is -2.16. The van der Waals surface area contributed by atoms with E-state index in [0.29, 0.717) is 12.0 Å². The van der Waals surface area contributed by atoms with Crippen LogP contribution in [0, 0.1) is 0 Å². The van der Waals surface area contributed by atoms with Gasteiger partial charge in [-0.05, 0) is 25.1 Å². The minimum atomic E-state index is -0.347. The van der Waals surface area contributed by atoms with Crippen molar-refractivity contribution in [3.05, 3.63) is 67.4 Å². The van der Waals surface area contributed by atoms with Gasteiger partial charge in [-0.25, -0.2) is 4.79 Å². The Hall–Kier alpha value is -2.62. The maximum Gasteiger partial charge on any atom is 0.332 e. The summed E-state index contributed by atoms with van der Waals surface area (Å²) in [6, 6.07) is 10.0. The summed E-state index contributed by atoms with van der Waals surface area (Å²) in [7, 11) is 1.33. The van der Waals surface area contributed by atoms with Crippen molar-refractivity contribution in [2.24, 2.45) is 0 Å². The zero-order valence-corrected chi connectivity index (χ0v) is 14.0. The second kappa shape index (κ2) is 12.0. The van der Waals surface area contributed by atoms with E-state index in [1.165, 1.54) is 12.7 Å². The molecule has 23 heavy (non-hydrogen) atoms. The third kappa shape index (κ3) is 9.09. The van der Waals surface area contributed by atoms with Crippen LogP contribution < -0.4 is 0 Å². The van der Waals surface area contributed by atoms with Crippen molar-refractivity contribution >= 4 is 18.0 Å². The molecule has 1 aromatic rings. The highest BCUT2D eigenvalue weighted by molar-refractivity contribution is 5.86. The maximum atomic E-state index is 10.7. The second-order valence-corrected chi connectivity index (χ2v) is 4.76. The van der Waals surface area contributed by atoms with Crippen LogP contribution in [0.15, 0.2) is 61.8 Å². The van der Waals surface area contributed by atoms with E-state index in [1.54, 1.807) is 18.0 Å². The molecule has 1 heterocycles. The van der Waals surface area contributed by atoms with E-state index < -0.39 is 0 Å². The van der Waals surface area contributed by atoms with Crippen LogP contribution in [0.2, 0.25) is 0 Å². The summed E-state index contributed by atoms with van der Waals surface area (Å²) in [6.07, 6.45) is 5.12. The first-order valence-corrected chi connectivity index (χ1v) is 7.29. The average molecular weight is 315 g/mol. The van der Waals surface area contributed by atoms with Crippen molar-refractivity contribution in [1.29, 1.82) is 0 Å². The number of rotatable bonds is 3. The van der Waals surface area contributed by atoms with E-state index in [4.69, 9.17) is 0 Å². The Balaban J connectivity index is 0.000000317. The van der Waals surface area contributed by atoms with Gasteiger partial charge in [-0.2, -0.15) is 0 Å². The molecule has 0 N–H and O–H groups in total. The molecular weight excluding hydrogens is 290 g/mol. The SMILES string of the molecule is C=C(C)C(=O)OC.C=CN1CCCC1=O.C=Cc1ccccc1. The van der Waals surface area contributed by atoms with Gasteiger partial charge in [0.2, 0.25) is 5.91 Å². The van der Waals surface area contributed by atoms with Crippen LogP contribution in [0.5, 0.6) is 0 Å². The number of carbonyl (C=O) groups is 2. The molecular formula is C19H25NO3. The minimum absolute atomic E-state index is 0.208. The zero-order chi connectivity index (χ0) is 17.7. The molecule has 2 rings (SSSR count). The van der Waals surface area contributed by atoms with E-state index in [-0.39, 0.29) is 11.9 Å². The minimum Gasteiger partial charge on any atom is -0.466 e. The number of carbonyl (C=O) groups excluding carboxylic acids is 2. The van der Waals surface area contributed by atoms with Gasteiger partial charge in [0.15, 0.2) is 0 Å². The van der Waals surface area contributed by atoms with Gasteiger partial charge in [-0.15, -0.1) is 0 Å². The molecule has 1 amide bonds. The molecule has 0 radical (unpaired) electrons. The Morgan fingerprint density at radius 3 is 2.09 bits per heavy atom. The zero-order valence-electron chi connectivity index (χ0n) is 14.0. The fraction of sp³-hybridized carbons (Fsp3) is 0.263. The number of methoxy groups -OCH3 is 1. The van der Waals surface area contributed by atoms with Crippen LogP contribution in [-0.4, -0.2) is 30.4 Å². The molecule has 0 saturated carbocycles. The first-order chi connectivity index (χ1) is 11.0. The standard InChI is InChI=1S/C8H8.C6H9NO.C5H8O2/c1-2-8-6-4-3-5-7-8;1-2-7-5-3-4-6(7)8;1-4(2)5(6)7-3/h2-7H,1H2;2H,1,3-5H2;1H2,2-3H3. The van der Waals surface area contributed by atoms with Gasteiger partial charge < -0.3 is 9.64 Å². The Morgan fingerprint density at radius 1 is 1.26 bits per heavy atom. The Labute approximate surface area is 138 Å². The highest BCUT2D eigenvalue weighted by Crippen LogP contribution is 2.08. The quantitative estimate of drug-likeness (QED) is 0.629. The number of hydrogen-bond acceptors (Lipinski definition) is 3. The van der Waals surface area contributed by atoms with Crippen LogP contribution in [0.25, 0.3) is 6.08 Å². The fourth-order valence-electron chi connectivity index (χ4n) is 1.63. The molecule has 0 bridgehead atoms. The smallest absolute Gasteiger partial charge is 0.332 e. The number of nitrogens with zero attached hydrogens (tertiary/aromatic N) is 1. The van der Waals surface area contributed by atoms with Gasteiger partial charge in [0.1, 0.15) is 0 Å². The third-order valence-corrected chi connectivity index (χ3v) is 2.90. The fourth-order valence-corrected chi connectivity index (χ4v) is 1.63. The molecule has 0 spiro atoms. The molecule has 4 heteroatoms. The van der Waals surface area contributed by atoms with Crippen molar-refractivity contribution in [1.82, 2.24) is 4.90 Å². The van der Waals surface area contributed by atoms with Crippen LogP contribution >= 0.6 is 0 Å². The number of ether oxygens (including phenoxy) is 1. The lowest BCUT2D eigenvalue weighted by Gasteiger charge is -2.05. The Bertz CT molecular complexity index is 535. The molecule has 1 aliphatic rings. The molecule has 124 valence electrons. The molecule has 1 aliphatic heterocycles.